The minimum Gasteiger partial charge on any atom is -0.298 e. The fourth-order valence-electron chi connectivity index (χ4n) is 1.60. The molecule has 102 valence electrons. The van der Waals surface area contributed by atoms with Crippen molar-refractivity contribution < 1.29 is 4.79 Å². The van der Waals surface area contributed by atoms with Crippen LogP contribution in [0.25, 0.3) is 0 Å². The molecule has 1 nitrogen and oxygen atoms in total. The average Bonchev–Trinajstić information content (AvgIpc) is 2.25. The molecule has 0 unspecified atom stereocenters. The van der Waals surface area contributed by atoms with Gasteiger partial charge in [-0.3, -0.25) is 4.79 Å². The number of hydrogen-bond acceptors (Lipinski definition) is 1. The van der Waals surface area contributed by atoms with Crippen molar-refractivity contribution in [2.45, 2.75) is 57.4 Å². The predicted molar refractivity (Wildman–Crippen MR) is 80.8 cm³/mol. The first-order chi connectivity index (χ1) is 7.95. The van der Waals surface area contributed by atoms with Crippen LogP contribution in [0, 0.1) is 0 Å². The fourth-order valence-corrected chi connectivity index (χ4v) is 3.59. The molecule has 0 fully saturated rings. The second-order valence-electron chi connectivity index (χ2n) is 4.26. The van der Waals surface area contributed by atoms with Gasteiger partial charge in [-0.1, -0.05) is 38.5 Å². The highest BCUT2D eigenvalue weighted by atomic mass is 35.8. The topological polar surface area (TPSA) is 17.1 Å². The van der Waals surface area contributed by atoms with E-state index < -0.39 is 6.00 Å². The average molecular weight is 338 g/mol. The summed E-state index contributed by atoms with van der Waals surface area (Å²) >= 11 is 22.8. The lowest BCUT2D eigenvalue weighted by molar-refractivity contribution is -0.116. The third kappa shape index (κ3) is 15.0. The number of Topliss-reactive ketones (excluding diaryl/α,β-unsaturated/α-hetero) is 1. The molecule has 0 aliphatic rings. The summed E-state index contributed by atoms with van der Waals surface area (Å²) in [4.78, 5) is 10.9. The van der Waals surface area contributed by atoms with Gasteiger partial charge in [-0.25, -0.2) is 0 Å². The monoisotopic (exact) mass is 336 g/mol. The molecular formula is C11H20Cl4OSi. The smallest absolute Gasteiger partial charge is 0.298 e. The lowest BCUT2D eigenvalue weighted by Crippen LogP contribution is -2.07. The van der Waals surface area contributed by atoms with Crippen LogP contribution in [-0.2, 0) is 4.79 Å². The van der Waals surface area contributed by atoms with E-state index in [2.05, 4.69) is 0 Å². The Morgan fingerprint density at radius 1 is 0.824 bits per heavy atom. The highest BCUT2D eigenvalue weighted by molar-refractivity contribution is 7.64. The first kappa shape index (κ1) is 18.0. The van der Waals surface area contributed by atoms with Crippen LogP contribution in [0.2, 0.25) is 6.04 Å². The second kappa shape index (κ2) is 10.9. The molecule has 0 aromatic rings. The van der Waals surface area contributed by atoms with E-state index in [1.54, 1.807) is 0 Å². The number of unbranched alkanes of at least 4 members (excludes halogenated alkanes) is 6. The van der Waals surface area contributed by atoms with Crippen LogP contribution < -0.4 is 0 Å². The van der Waals surface area contributed by atoms with Gasteiger partial charge in [-0.05, 0) is 12.5 Å². The molecular weight excluding hydrogens is 318 g/mol. The molecule has 6 heteroatoms. The molecule has 0 N–H and O–H groups in total. The van der Waals surface area contributed by atoms with Crippen LogP contribution in [0.15, 0.2) is 0 Å². The molecule has 0 saturated heterocycles. The van der Waals surface area contributed by atoms with Crippen LogP contribution in [-0.4, -0.2) is 17.7 Å². The van der Waals surface area contributed by atoms with Crippen LogP contribution in [0.1, 0.15) is 51.4 Å². The van der Waals surface area contributed by atoms with Crippen LogP contribution in [0.3, 0.4) is 0 Å². The van der Waals surface area contributed by atoms with Crippen molar-refractivity contribution in [3.63, 3.8) is 0 Å². The summed E-state index contributed by atoms with van der Waals surface area (Å²) in [7, 11) is 0. The Balaban J connectivity index is 3.12. The largest absolute Gasteiger partial charge is 0.341 e. The van der Waals surface area contributed by atoms with Crippen LogP contribution in [0.5, 0.6) is 0 Å². The lowest BCUT2D eigenvalue weighted by Gasteiger charge is -2.06. The van der Waals surface area contributed by atoms with Crippen molar-refractivity contribution in [2.24, 2.45) is 0 Å². The quantitative estimate of drug-likeness (QED) is 0.208. The van der Waals surface area contributed by atoms with Gasteiger partial charge >= 0.3 is 6.00 Å². The highest BCUT2D eigenvalue weighted by Gasteiger charge is 2.23. The van der Waals surface area contributed by atoms with Gasteiger partial charge < -0.3 is 0 Å². The van der Waals surface area contributed by atoms with Crippen molar-refractivity contribution in [3.8, 4) is 0 Å². The number of carbonyl (C=O) groups is 1. The van der Waals surface area contributed by atoms with Crippen molar-refractivity contribution in [1.82, 2.24) is 0 Å². The van der Waals surface area contributed by atoms with Gasteiger partial charge in [0.1, 0.15) is 5.78 Å². The van der Waals surface area contributed by atoms with Gasteiger partial charge in [0.05, 0.1) is 5.88 Å². The predicted octanol–water partition coefficient (Wildman–Crippen LogP) is 5.57. The summed E-state index contributed by atoms with van der Waals surface area (Å²) in [5.41, 5.74) is 0. The van der Waals surface area contributed by atoms with E-state index in [1.807, 2.05) is 0 Å². The normalized spacial score (nSPS) is 11.8. The lowest BCUT2D eigenvalue weighted by atomic mass is 10.1. The highest BCUT2D eigenvalue weighted by Crippen LogP contribution is 2.27. The van der Waals surface area contributed by atoms with E-state index in [-0.39, 0.29) is 11.7 Å². The zero-order valence-electron chi connectivity index (χ0n) is 9.99. The summed E-state index contributed by atoms with van der Waals surface area (Å²) in [6.45, 7) is 0. The summed E-state index contributed by atoms with van der Waals surface area (Å²) in [5, 5.41) is 0. The molecule has 0 aromatic carbocycles. The molecule has 0 aliphatic carbocycles. The third-order valence-electron chi connectivity index (χ3n) is 2.56. The molecule has 0 amide bonds. The Labute approximate surface area is 124 Å². The number of halogens is 4. The maximum Gasteiger partial charge on any atom is 0.341 e. The first-order valence-corrected chi connectivity index (χ1v) is 11.9. The molecule has 0 aromatic heterocycles. The van der Waals surface area contributed by atoms with E-state index in [9.17, 15) is 4.79 Å². The molecule has 0 radical (unpaired) electrons. The Kier molecular flexibility index (Phi) is 11.6. The Morgan fingerprint density at radius 3 is 1.76 bits per heavy atom. The summed E-state index contributed by atoms with van der Waals surface area (Å²) in [6, 6.07) is -1.62. The number of alkyl halides is 1. The van der Waals surface area contributed by atoms with Gasteiger partial charge in [0.15, 0.2) is 0 Å². The molecule has 0 rings (SSSR count). The van der Waals surface area contributed by atoms with E-state index in [0.717, 1.165) is 31.7 Å². The number of carbonyl (C=O) groups excluding carboxylic acids is 1. The molecule has 0 atom stereocenters. The number of rotatable bonds is 11. The van der Waals surface area contributed by atoms with Crippen LogP contribution >= 0.6 is 44.8 Å². The summed E-state index contributed by atoms with van der Waals surface area (Å²) < 4.78 is 0. The Bertz CT molecular complexity index is 206. The van der Waals surface area contributed by atoms with Crippen molar-refractivity contribution >= 4 is 56.6 Å². The van der Waals surface area contributed by atoms with Crippen LogP contribution in [0.4, 0.5) is 0 Å². The Morgan fingerprint density at radius 2 is 1.29 bits per heavy atom. The van der Waals surface area contributed by atoms with E-state index in [4.69, 9.17) is 44.8 Å². The van der Waals surface area contributed by atoms with Crippen molar-refractivity contribution in [3.05, 3.63) is 0 Å². The second-order valence-corrected chi connectivity index (χ2v) is 13.8. The van der Waals surface area contributed by atoms with Gasteiger partial charge in [-0.2, -0.15) is 0 Å². The van der Waals surface area contributed by atoms with Gasteiger partial charge in [0, 0.05) is 6.42 Å². The Hall–Kier alpha value is 1.05. The minimum absolute atomic E-state index is 0.152. The molecule has 0 aliphatic heterocycles. The van der Waals surface area contributed by atoms with Gasteiger partial charge in [0.25, 0.3) is 0 Å². The number of ketones is 1. The van der Waals surface area contributed by atoms with Gasteiger partial charge in [-0.15, -0.1) is 44.8 Å². The van der Waals surface area contributed by atoms with Crippen molar-refractivity contribution in [2.75, 3.05) is 5.88 Å². The molecule has 0 bridgehead atoms. The zero-order chi connectivity index (χ0) is 13.1. The maximum absolute atomic E-state index is 10.9. The molecule has 0 saturated carbocycles. The first-order valence-electron chi connectivity index (χ1n) is 6.10. The fraction of sp³-hybridized carbons (Fsp3) is 0.909. The van der Waals surface area contributed by atoms with Gasteiger partial charge in [0.2, 0.25) is 0 Å². The van der Waals surface area contributed by atoms with E-state index >= 15 is 0 Å². The maximum atomic E-state index is 10.9. The van der Waals surface area contributed by atoms with E-state index in [0.29, 0.717) is 6.42 Å². The summed E-state index contributed by atoms with van der Waals surface area (Å²) in [6.07, 6.45) is 8.45. The molecule has 0 heterocycles. The third-order valence-corrected chi connectivity index (χ3v) is 5.48. The zero-order valence-corrected chi connectivity index (χ0v) is 14.0. The van der Waals surface area contributed by atoms with E-state index in [1.165, 1.54) is 19.3 Å². The summed E-state index contributed by atoms with van der Waals surface area (Å²) in [5.74, 6) is 0.306. The molecule has 17 heavy (non-hydrogen) atoms. The number of hydrogen-bond donors (Lipinski definition) is 0. The minimum atomic E-state index is -2.39. The molecule has 0 spiro atoms. The SMILES string of the molecule is O=C(CCl)CCCCCCCCC[Si](Cl)(Cl)Cl. The standard InChI is InChI=1S/C11H20Cl4OSi/c12-10-11(16)8-6-4-2-1-3-5-7-9-17(13,14)15/h1-10H2. The van der Waals surface area contributed by atoms with Crippen molar-refractivity contribution in [1.29, 1.82) is 0 Å².